The van der Waals surface area contributed by atoms with E-state index in [1.54, 1.807) is 0 Å². The summed E-state index contributed by atoms with van der Waals surface area (Å²) >= 11 is 3.16. The molecule has 0 amide bonds. The molecule has 3 rings (SSSR count). The fourth-order valence-corrected chi connectivity index (χ4v) is 2.68. The van der Waals surface area contributed by atoms with Gasteiger partial charge in [-0.3, -0.25) is 0 Å². The molecule has 0 aromatic heterocycles. The highest BCUT2D eigenvalue weighted by Gasteiger charge is 2.17. The average molecular weight is 356 g/mol. The van der Waals surface area contributed by atoms with Crippen LogP contribution in [0.5, 0.6) is 11.5 Å². The molecule has 0 radical (unpaired) electrons. The van der Waals surface area contributed by atoms with Crippen molar-refractivity contribution in [3.05, 3.63) is 52.0 Å². The summed E-state index contributed by atoms with van der Waals surface area (Å²) in [7, 11) is 0. The first-order valence-electron chi connectivity index (χ1n) is 6.35. The van der Waals surface area contributed by atoms with Crippen molar-refractivity contribution in [2.24, 2.45) is 0 Å². The maximum atomic E-state index is 13.8. The Morgan fingerprint density at radius 3 is 2.67 bits per heavy atom. The Labute approximate surface area is 129 Å². The zero-order valence-electron chi connectivity index (χ0n) is 11.1. The maximum Gasteiger partial charge on any atom is 0.231 e. The summed E-state index contributed by atoms with van der Waals surface area (Å²) in [5.74, 6) is 0.0926. The Bertz CT molecular complexity index is 670. The van der Waals surface area contributed by atoms with E-state index in [2.05, 4.69) is 21.2 Å². The predicted molar refractivity (Wildman–Crippen MR) is 78.7 cm³/mol. The lowest BCUT2D eigenvalue weighted by Gasteiger charge is -2.18. The Kier molecular flexibility index (Phi) is 3.71. The first-order chi connectivity index (χ1) is 10.0. The largest absolute Gasteiger partial charge is 0.454 e. The predicted octanol–water partition coefficient (Wildman–Crippen LogP) is 4.63. The summed E-state index contributed by atoms with van der Waals surface area (Å²) < 4.78 is 37.8. The van der Waals surface area contributed by atoms with Crippen molar-refractivity contribution < 1.29 is 18.3 Å². The summed E-state index contributed by atoms with van der Waals surface area (Å²) in [6.07, 6.45) is 0. The van der Waals surface area contributed by atoms with E-state index in [1.165, 1.54) is 6.07 Å². The second kappa shape index (κ2) is 5.52. The van der Waals surface area contributed by atoms with Crippen LogP contribution in [0.2, 0.25) is 0 Å². The van der Waals surface area contributed by atoms with Crippen LogP contribution in [0.1, 0.15) is 18.5 Å². The molecule has 2 aromatic carbocycles. The molecule has 0 fully saturated rings. The minimum Gasteiger partial charge on any atom is -0.454 e. The molecule has 0 bridgehead atoms. The Morgan fingerprint density at radius 1 is 1.14 bits per heavy atom. The van der Waals surface area contributed by atoms with Gasteiger partial charge in [0.15, 0.2) is 11.5 Å². The first kappa shape index (κ1) is 14.1. The molecule has 0 spiro atoms. The molecule has 0 aliphatic carbocycles. The van der Waals surface area contributed by atoms with Crippen LogP contribution < -0.4 is 14.8 Å². The minimum atomic E-state index is -0.644. The zero-order valence-corrected chi connectivity index (χ0v) is 12.7. The molecule has 21 heavy (non-hydrogen) atoms. The van der Waals surface area contributed by atoms with Crippen LogP contribution in [0.4, 0.5) is 14.5 Å². The molecule has 1 aliphatic heterocycles. The van der Waals surface area contributed by atoms with Gasteiger partial charge in [0.25, 0.3) is 0 Å². The highest BCUT2D eigenvalue weighted by molar-refractivity contribution is 9.10. The number of rotatable bonds is 3. The van der Waals surface area contributed by atoms with Crippen molar-refractivity contribution in [1.82, 2.24) is 0 Å². The van der Waals surface area contributed by atoms with Crippen LogP contribution in [0.25, 0.3) is 0 Å². The summed E-state index contributed by atoms with van der Waals surface area (Å²) in [6.45, 7) is 2.09. The molecule has 0 saturated carbocycles. The molecular weight excluding hydrogens is 344 g/mol. The lowest BCUT2D eigenvalue weighted by molar-refractivity contribution is 0.174. The minimum absolute atomic E-state index is 0.184. The fourth-order valence-electron chi connectivity index (χ4n) is 2.16. The number of ether oxygens (including phenoxy) is 2. The van der Waals surface area contributed by atoms with E-state index in [0.29, 0.717) is 16.0 Å². The first-order valence-corrected chi connectivity index (χ1v) is 7.14. The van der Waals surface area contributed by atoms with E-state index >= 15 is 0 Å². The number of anilines is 1. The normalized spacial score (nSPS) is 14.1. The fraction of sp³-hybridized carbons (Fsp3) is 0.200. The number of hydrogen-bond acceptors (Lipinski definition) is 3. The molecule has 1 N–H and O–H groups in total. The van der Waals surface area contributed by atoms with Crippen molar-refractivity contribution in [2.45, 2.75) is 13.0 Å². The smallest absolute Gasteiger partial charge is 0.231 e. The third-order valence-electron chi connectivity index (χ3n) is 3.26. The van der Waals surface area contributed by atoms with Gasteiger partial charge in [0.05, 0.1) is 5.69 Å². The van der Waals surface area contributed by atoms with E-state index in [9.17, 15) is 8.78 Å². The Hall–Kier alpha value is -1.82. The SMILES string of the molecule is CC(Nc1c(F)cc(F)cc1Br)c1ccc2c(c1)OCO2. The maximum absolute atomic E-state index is 13.8. The average Bonchev–Trinajstić information content (AvgIpc) is 2.89. The van der Waals surface area contributed by atoms with Gasteiger partial charge < -0.3 is 14.8 Å². The van der Waals surface area contributed by atoms with Crippen LogP contribution in [0, 0.1) is 11.6 Å². The van der Waals surface area contributed by atoms with Crippen LogP contribution in [0.15, 0.2) is 34.8 Å². The summed E-state index contributed by atoms with van der Waals surface area (Å²) in [6, 6.07) is 7.41. The molecule has 0 saturated heterocycles. The van der Waals surface area contributed by atoms with Crippen molar-refractivity contribution in [1.29, 1.82) is 0 Å². The van der Waals surface area contributed by atoms with E-state index < -0.39 is 11.6 Å². The van der Waals surface area contributed by atoms with Gasteiger partial charge in [-0.1, -0.05) is 6.07 Å². The number of fused-ring (bicyclic) bond motifs is 1. The number of benzene rings is 2. The standard InChI is InChI=1S/C15H12BrF2NO2/c1-8(9-2-3-13-14(4-9)21-7-20-13)19-15-11(16)5-10(17)6-12(15)18/h2-6,8,19H,7H2,1H3. The van der Waals surface area contributed by atoms with Crippen molar-refractivity contribution in [2.75, 3.05) is 12.1 Å². The van der Waals surface area contributed by atoms with Gasteiger partial charge in [0.1, 0.15) is 11.6 Å². The van der Waals surface area contributed by atoms with Gasteiger partial charge in [-0.15, -0.1) is 0 Å². The van der Waals surface area contributed by atoms with Gasteiger partial charge in [-0.05, 0) is 46.6 Å². The summed E-state index contributed by atoms with van der Waals surface area (Å²) in [5, 5.41) is 3.03. The zero-order chi connectivity index (χ0) is 15.0. The van der Waals surface area contributed by atoms with E-state index in [0.717, 1.165) is 11.6 Å². The topological polar surface area (TPSA) is 30.5 Å². The van der Waals surface area contributed by atoms with E-state index in [-0.39, 0.29) is 18.5 Å². The molecule has 1 heterocycles. The van der Waals surface area contributed by atoms with Gasteiger partial charge in [-0.2, -0.15) is 0 Å². The van der Waals surface area contributed by atoms with Crippen LogP contribution >= 0.6 is 15.9 Å². The lowest BCUT2D eigenvalue weighted by Crippen LogP contribution is -2.09. The highest BCUT2D eigenvalue weighted by Crippen LogP contribution is 2.36. The summed E-state index contributed by atoms with van der Waals surface area (Å²) in [4.78, 5) is 0. The third kappa shape index (κ3) is 2.81. The number of halogens is 3. The summed E-state index contributed by atoms with van der Waals surface area (Å²) in [5.41, 5.74) is 1.14. The van der Waals surface area contributed by atoms with Crippen molar-refractivity contribution >= 4 is 21.6 Å². The highest BCUT2D eigenvalue weighted by atomic mass is 79.9. The lowest BCUT2D eigenvalue weighted by atomic mass is 10.1. The Morgan fingerprint density at radius 2 is 1.90 bits per heavy atom. The van der Waals surface area contributed by atoms with Crippen LogP contribution in [0.3, 0.4) is 0 Å². The second-order valence-corrected chi connectivity index (χ2v) is 5.58. The Balaban J connectivity index is 1.85. The second-order valence-electron chi connectivity index (χ2n) is 4.72. The quantitative estimate of drug-likeness (QED) is 0.870. The molecule has 1 aliphatic rings. The van der Waals surface area contributed by atoms with Gasteiger partial charge in [0, 0.05) is 16.6 Å². The van der Waals surface area contributed by atoms with Crippen molar-refractivity contribution in [3.8, 4) is 11.5 Å². The van der Waals surface area contributed by atoms with Crippen LogP contribution in [-0.4, -0.2) is 6.79 Å². The van der Waals surface area contributed by atoms with E-state index in [4.69, 9.17) is 9.47 Å². The molecule has 1 unspecified atom stereocenters. The monoisotopic (exact) mass is 355 g/mol. The number of hydrogen-bond donors (Lipinski definition) is 1. The number of nitrogens with one attached hydrogen (secondary N) is 1. The molecule has 2 aromatic rings. The van der Waals surface area contributed by atoms with Gasteiger partial charge in [-0.25, -0.2) is 8.78 Å². The van der Waals surface area contributed by atoms with Crippen molar-refractivity contribution in [3.63, 3.8) is 0 Å². The molecule has 110 valence electrons. The molecular formula is C15H12BrF2NO2. The van der Waals surface area contributed by atoms with E-state index in [1.807, 2.05) is 25.1 Å². The molecule has 6 heteroatoms. The third-order valence-corrected chi connectivity index (χ3v) is 3.89. The molecule has 1 atom stereocenters. The molecule has 3 nitrogen and oxygen atoms in total. The van der Waals surface area contributed by atoms with Gasteiger partial charge in [0.2, 0.25) is 6.79 Å². The van der Waals surface area contributed by atoms with Crippen LogP contribution in [-0.2, 0) is 0 Å². The van der Waals surface area contributed by atoms with Gasteiger partial charge >= 0.3 is 0 Å².